The quantitative estimate of drug-likeness (QED) is 0.585. The monoisotopic (exact) mass is 139 g/mol. The van der Waals surface area contributed by atoms with E-state index >= 15 is 0 Å². The van der Waals surface area contributed by atoms with Gasteiger partial charge in [-0.05, 0) is 25.5 Å². The fraction of sp³-hybridized carbons (Fsp3) is 0.429. The normalized spacial score (nSPS) is 24.0. The number of aliphatic imine (C=N–C) groups is 1. The molecule has 0 amide bonds. The number of rotatable bonds is 1. The lowest BCUT2D eigenvalue weighted by molar-refractivity contribution is -0.137. The second-order valence-corrected chi connectivity index (χ2v) is 2.35. The first kappa shape index (κ1) is 6.99. The molecule has 1 heterocycles. The Balaban J connectivity index is 2.83. The molecule has 10 heavy (non-hydrogen) atoms. The predicted octanol–water partition coefficient (Wildman–Crippen LogP) is 0.860. The highest BCUT2D eigenvalue weighted by Gasteiger charge is 2.18. The maximum atomic E-state index is 10.3. The molecule has 0 aromatic carbocycles. The topological polar surface area (TPSA) is 49.7 Å². The van der Waals surface area contributed by atoms with Crippen LogP contribution < -0.4 is 0 Å². The van der Waals surface area contributed by atoms with Crippen LogP contribution in [0.15, 0.2) is 16.6 Å². The van der Waals surface area contributed by atoms with E-state index in [1.165, 1.54) is 0 Å². The van der Waals surface area contributed by atoms with E-state index in [9.17, 15) is 4.79 Å². The summed E-state index contributed by atoms with van der Waals surface area (Å²) in [6.45, 7) is 3.68. The fourth-order valence-corrected chi connectivity index (χ4v) is 0.832. The van der Waals surface area contributed by atoms with Gasteiger partial charge in [-0.2, -0.15) is 0 Å². The molecule has 0 aliphatic carbocycles. The molecule has 0 radical (unpaired) electrons. The summed E-state index contributed by atoms with van der Waals surface area (Å²) in [6.07, 6.45) is 1.65. The maximum absolute atomic E-state index is 10.3. The van der Waals surface area contributed by atoms with Crippen LogP contribution in [0, 0.1) is 0 Å². The summed E-state index contributed by atoms with van der Waals surface area (Å²) < 4.78 is 0. The third-order valence-corrected chi connectivity index (χ3v) is 1.56. The van der Waals surface area contributed by atoms with Crippen LogP contribution in [0.4, 0.5) is 0 Å². The molecular formula is C7H9NO2. The Morgan fingerprint density at radius 2 is 2.30 bits per heavy atom. The minimum absolute atomic E-state index is 0.639. The lowest BCUT2D eigenvalue weighted by Gasteiger charge is -1.92. The van der Waals surface area contributed by atoms with Crippen LogP contribution in [0.1, 0.15) is 13.8 Å². The number of nitrogens with zero attached hydrogens (tertiary/aromatic N) is 1. The SMILES string of the molecule is CC1=C[C@H](C(=O)O)N=C1C. The van der Waals surface area contributed by atoms with Crippen molar-refractivity contribution in [3.8, 4) is 0 Å². The van der Waals surface area contributed by atoms with Crippen LogP contribution in [0.5, 0.6) is 0 Å². The van der Waals surface area contributed by atoms with Gasteiger partial charge in [-0.25, -0.2) is 4.79 Å². The van der Waals surface area contributed by atoms with Crippen molar-refractivity contribution in [1.82, 2.24) is 0 Å². The summed E-state index contributed by atoms with van der Waals surface area (Å²) in [5, 5.41) is 8.50. The minimum atomic E-state index is -0.879. The van der Waals surface area contributed by atoms with Crippen molar-refractivity contribution in [3.63, 3.8) is 0 Å². The Labute approximate surface area is 59.1 Å². The second-order valence-electron chi connectivity index (χ2n) is 2.35. The van der Waals surface area contributed by atoms with Gasteiger partial charge in [0.2, 0.25) is 0 Å². The van der Waals surface area contributed by atoms with Crippen molar-refractivity contribution in [1.29, 1.82) is 0 Å². The summed E-state index contributed by atoms with van der Waals surface area (Å²) >= 11 is 0. The Hall–Kier alpha value is -1.12. The molecule has 0 saturated heterocycles. The Morgan fingerprint density at radius 1 is 1.70 bits per heavy atom. The molecular weight excluding hydrogens is 130 g/mol. The van der Waals surface area contributed by atoms with Crippen LogP contribution in [-0.2, 0) is 4.79 Å². The summed E-state index contributed by atoms with van der Waals surface area (Å²) in [7, 11) is 0. The van der Waals surface area contributed by atoms with Crippen LogP contribution in [0.3, 0.4) is 0 Å². The number of carboxylic acid groups (broad SMARTS) is 1. The molecule has 54 valence electrons. The van der Waals surface area contributed by atoms with Crippen molar-refractivity contribution < 1.29 is 9.90 Å². The smallest absolute Gasteiger partial charge is 0.332 e. The predicted molar refractivity (Wildman–Crippen MR) is 38.3 cm³/mol. The highest BCUT2D eigenvalue weighted by atomic mass is 16.4. The summed E-state index contributed by atoms with van der Waals surface area (Å²) in [4.78, 5) is 14.2. The summed E-state index contributed by atoms with van der Waals surface area (Å²) in [5.74, 6) is -0.879. The molecule has 1 aliphatic rings. The minimum Gasteiger partial charge on any atom is -0.479 e. The van der Waals surface area contributed by atoms with Crippen molar-refractivity contribution >= 4 is 11.7 Å². The summed E-state index contributed by atoms with van der Waals surface area (Å²) in [6, 6.07) is -0.639. The molecule has 0 unspecified atom stereocenters. The number of carboxylic acids is 1. The summed E-state index contributed by atoms with van der Waals surface area (Å²) in [5.41, 5.74) is 1.79. The molecule has 1 atom stereocenters. The van der Waals surface area contributed by atoms with E-state index in [2.05, 4.69) is 4.99 Å². The average Bonchev–Trinajstić information content (AvgIpc) is 2.13. The fourth-order valence-electron chi connectivity index (χ4n) is 0.832. The lowest BCUT2D eigenvalue weighted by atomic mass is 10.2. The van der Waals surface area contributed by atoms with Crippen LogP contribution in [0.2, 0.25) is 0 Å². The third kappa shape index (κ3) is 1.07. The number of hydrogen-bond acceptors (Lipinski definition) is 2. The molecule has 0 saturated carbocycles. The van der Waals surface area contributed by atoms with Crippen molar-refractivity contribution in [2.24, 2.45) is 4.99 Å². The van der Waals surface area contributed by atoms with E-state index in [1.807, 2.05) is 13.8 Å². The average molecular weight is 139 g/mol. The van der Waals surface area contributed by atoms with Crippen LogP contribution in [0.25, 0.3) is 0 Å². The molecule has 1 rings (SSSR count). The van der Waals surface area contributed by atoms with E-state index in [0.29, 0.717) is 0 Å². The number of carbonyl (C=O) groups is 1. The standard InChI is InChI=1S/C7H9NO2/c1-4-3-6(7(9)10)8-5(4)2/h3,6H,1-2H3,(H,9,10)/t6-/m1/s1. The van der Waals surface area contributed by atoms with Gasteiger partial charge in [0.15, 0.2) is 6.04 Å². The van der Waals surface area contributed by atoms with Gasteiger partial charge in [0.1, 0.15) is 0 Å². The molecule has 0 aromatic heterocycles. The van der Waals surface area contributed by atoms with Gasteiger partial charge in [0, 0.05) is 5.71 Å². The van der Waals surface area contributed by atoms with E-state index in [1.54, 1.807) is 6.08 Å². The van der Waals surface area contributed by atoms with Gasteiger partial charge in [-0.1, -0.05) is 0 Å². The van der Waals surface area contributed by atoms with E-state index in [0.717, 1.165) is 11.3 Å². The van der Waals surface area contributed by atoms with Crippen LogP contribution >= 0.6 is 0 Å². The number of hydrogen-bond donors (Lipinski definition) is 1. The van der Waals surface area contributed by atoms with Gasteiger partial charge in [-0.15, -0.1) is 0 Å². The van der Waals surface area contributed by atoms with E-state index in [4.69, 9.17) is 5.11 Å². The zero-order valence-electron chi connectivity index (χ0n) is 5.96. The first-order chi connectivity index (χ1) is 4.61. The maximum Gasteiger partial charge on any atom is 0.332 e. The number of allylic oxidation sites excluding steroid dienone is 1. The Morgan fingerprint density at radius 3 is 2.50 bits per heavy atom. The lowest BCUT2D eigenvalue weighted by Crippen LogP contribution is -2.12. The third-order valence-electron chi connectivity index (χ3n) is 1.56. The first-order valence-corrected chi connectivity index (χ1v) is 3.07. The highest BCUT2D eigenvalue weighted by molar-refractivity contribution is 6.02. The molecule has 0 aromatic rings. The van der Waals surface area contributed by atoms with Crippen molar-refractivity contribution in [2.45, 2.75) is 19.9 Å². The first-order valence-electron chi connectivity index (χ1n) is 3.07. The van der Waals surface area contributed by atoms with Crippen molar-refractivity contribution in [3.05, 3.63) is 11.6 Å². The zero-order valence-corrected chi connectivity index (χ0v) is 5.96. The molecule has 3 heteroatoms. The molecule has 0 fully saturated rings. The zero-order chi connectivity index (χ0) is 7.72. The van der Waals surface area contributed by atoms with Gasteiger partial charge in [0.05, 0.1) is 0 Å². The van der Waals surface area contributed by atoms with Gasteiger partial charge in [-0.3, -0.25) is 4.99 Å². The largest absolute Gasteiger partial charge is 0.479 e. The molecule has 1 aliphatic heterocycles. The second kappa shape index (κ2) is 2.25. The van der Waals surface area contributed by atoms with Crippen LogP contribution in [-0.4, -0.2) is 22.8 Å². The van der Waals surface area contributed by atoms with E-state index < -0.39 is 12.0 Å². The molecule has 0 spiro atoms. The van der Waals surface area contributed by atoms with Gasteiger partial charge < -0.3 is 5.11 Å². The molecule has 1 N–H and O–H groups in total. The van der Waals surface area contributed by atoms with Crippen molar-refractivity contribution in [2.75, 3.05) is 0 Å². The van der Waals surface area contributed by atoms with E-state index in [-0.39, 0.29) is 0 Å². The highest BCUT2D eigenvalue weighted by Crippen LogP contribution is 2.11. The Bertz CT molecular complexity index is 210. The molecule has 3 nitrogen and oxygen atoms in total. The van der Waals surface area contributed by atoms with Gasteiger partial charge in [0.25, 0.3) is 0 Å². The Kier molecular flexibility index (Phi) is 1.57. The van der Waals surface area contributed by atoms with Gasteiger partial charge >= 0.3 is 5.97 Å². The number of aliphatic carboxylic acids is 1. The molecule has 0 bridgehead atoms.